The van der Waals surface area contributed by atoms with Crippen LogP contribution in [0, 0.1) is 5.41 Å². The Balaban J connectivity index is 1.42. The van der Waals surface area contributed by atoms with Gasteiger partial charge < -0.3 is 4.57 Å². The minimum absolute atomic E-state index is 0.197. The van der Waals surface area contributed by atoms with E-state index < -0.39 is 0 Å². The van der Waals surface area contributed by atoms with Crippen molar-refractivity contribution in [2.75, 3.05) is 0 Å². The molecule has 0 bridgehead atoms. The van der Waals surface area contributed by atoms with Crippen molar-refractivity contribution in [3.63, 3.8) is 0 Å². The Bertz CT molecular complexity index is 2500. The fraction of sp³-hybridized carbons (Fsp3) is 0.154. The summed E-state index contributed by atoms with van der Waals surface area (Å²) < 4.78 is 2.41. The summed E-state index contributed by atoms with van der Waals surface area (Å²) in [5.74, 6) is 0. The SMILES string of the molecule is C=CC/C=C\C/C(C(=C)/C=C\C=C/C)=C(\c1c(C(=C)C)n(-c2ccc(-c3ccc4c5c(cccc35)-c3ccccc3-4)cc2)c2ccccc12)C(C)(C)C. The molecular weight excluding hydrogens is 639 g/mol. The van der Waals surface area contributed by atoms with Gasteiger partial charge in [-0.05, 0) is 117 Å². The minimum Gasteiger partial charge on any atom is -0.309 e. The van der Waals surface area contributed by atoms with Gasteiger partial charge in [-0.1, -0.05) is 161 Å². The maximum absolute atomic E-state index is 4.63. The van der Waals surface area contributed by atoms with Gasteiger partial charge in [0.25, 0.3) is 0 Å². The lowest BCUT2D eigenvalue weighted by atomic mass is 9.75. The van der Waals surface area contributed by atoms with Crippen LogP contribution in [0.15, 0.2) is 177 Å². The molecule has 0 unspecified atom stereocenters. The van der Waals surface area contributed by atoms with Crippen LogP contribution in [0.5, 0.6) is 0 Å². The second kappa shape index (κ2) is 14.6. The van der Waals surface area contributed by atoms with E-state index in [1.165, 1.54) is 66.2 Å². The molecule has 0 aliphatic heterocycles. The number of rotatable bonds is 11. The van der Waals surface area contributed by atoms with E-state index in [-0.39, 0.29) is 5.41 Å². The molecule has 5 aromatic carbocycles. The number of aromatic nitrogens is 1. The molecule has 1 aliphatic carbocycles. The van der Waals surface area contributed by atoms with Gasteiger partial charge in [0, 0.05) is 16.6 Å². The van der Waals surface area contributed by atoms with Crippen molar-refractivity contribution < 1.29 is 0 Å². The Hall–Kier alpha value is -5.92. The van der Waals surface area contributed by atoms with E-state index in [1.807, 2.05) is 19.1 Å². The fourth-order valence-corrected chi connectivity index (χ4v) is 8.16. The maximum atomic E-state index is 4.63. The molecule has 1 aromatic heterocycles. The van der Waals surface area contributed by atoms with E-state index >= 15 is 0 Å². The summed E-state index contributed by atoms with van der Waals surface area (Å²) in [6.45, 7) is 24.3. The Labute approximate surface area is 316 Å². The van der Waals surface area contributed by atoms with Crippen molar-refractivity contribution in [3.05, 3.63) is 188 Å². The predicted octanol–water partition coefficient (Wildman–Crippen LogP) is 15.1. The van der Waals surface area contributed by atoms with Crippen LogP contribution in [-0.4, -0.2) is 4.57 Å². The lowest BCUT2D eigenvalue weighted by Gasteiger charge is -2.29. The van der Waals surface area contributed by atoms with Crippen molar-refractivity contribution in [1.29, 1.82) is 0 Å². The average Bonchev–Trinajstić information content (AvgIpc) is 3.67. The average molecular weight is 688 g/mol. The monoisotopic (exact) mass is 687 g/mol. The highest BCUT2D eigenvalue weighted by Crippen LogP contribution is 2.50. The smallest absolute Gasteiger partial charge is 0.0567 e. The number of para-hydroxylation sites is 1. The quantitative estimate of drug-likeness (QED) is 0.0942. The first-order valence-corrected chi connectivity index (χ1v) is 18.7. The van der Waals surface area contributed by atoms with Gasteiger partial charge in [0.2, 0.25) is 0 Å². The number of hydrogen-bond donors (Lipinski definition) is 0. The van der Waals surface area contributed by atoms with Crippen LogP contribution in [0.25, 0.3) is 71.9 Å². The van der Waals surface area contributed by atoms with Gasteiger partial charge in [-0.25, -0.2) is 0 Å². The lowest BCUT2D eigenvalue weighted by molar-refractivity contribution is 0.563. The van der Waals surface area contributed by atoms with Crippen LogP contribution in [0.3, 0.4) is 0 Å². The first-order chi connectivity index (χ1) is 25.7. The van der Waals surface area contributed by atoms with Gasteiger partial charge in [-0.15, -0.1) is 6.58 Å². The van der Waals surface area contributed by atoms with Crippen molar-refractivity contribution in [2.45, 2.75) is 47.5 Å². The number of nitrogens with zero attached hydrogens (tertiary/aromatic N) is 1. The molecule has 0 spiro atoms. The lowest BCUT2D eigenvalue weighted by Crippen LogP contribution is -2.14. The predicted molar refractivity (Wildman–Crippen MR) is 233 cm³/mol. The highest BCUT2D eigenvalue weighted by molar-refractivity contribution is 6.18. The highest BCUT2D eigenvalue weighted by atomic mass is 15.0. The number of benzene rings is 5. The molecule has 262 valence electrons. The zero-order valence-electron chi connectivity index (χ0n) is 31.8. The van der Waals surface area contributed by atoms with E-state index in [1.54, 1.807) is 0 Å². The molecule has 0 saturated carbocycles. The van der Waals surface area contributed by atoms with Gasteiger partial charge in [-0.2, -0.15) is 0 Å². The van der Waals surface area contributed by atoms with Crippen LogP contribution in [0.2, 0.25) is 0 Å². The largest absolute Gasteiger partial charge is 0.309 e. The molecule has 0 fully saturated rings. The van der Waals surface area contributed by atoms with Crippen LogP contribution in [-0.2, 0) is 0 Å². The zero-order chi connectivity index (χ0) is 37.3. The van der Waals surface area contributed by atoms with Crippen LogP contribution >= 0.6 is 0 Å². The summed E-state index contributed by atoms with van der Waals surface area (Å²) in [6.07, 6.45) is 16.3. The van der Waals surface area contributed by atoms with E-state index in [2.05, 4.69) is 186 Å². The molecule has 7 rings (SSSR count). The number of allylic oxidation sites excluding steroid dienone is 11. The first-order valence-electron chi connectivity index (χ1n) is 18.7. The van der Waals surface area contributed by atoms with Crippen LogP contribution in [0.4, 0.5) is 0 Å². The molecule has 53 heavy (non-hydrogen) atoms. The van der Waals surface area contributed by atoms with E-state index in [9.17, 15) is 0 Å². The maximum Gasteiger partial charge on any atom is 0.0567 e. The van der Waals surface area contributed by atoms with E-state index in [0.29, 0.717) is 0 Å². The summed E-state index contributed by atoms with van der Waals surface area (Å²) in [4.78, 5) is 0. The van der Waals surface area contributed by atoms with Gasteiger partial charge in [0.1, 0.15) is 0 Å². The van der Waals surface area contributed by atoms with E-state index in [4.69, 9.17) is 0 Å². The Morgan fingerprint density at radius 3 is 2.02 bits per heavy atom. The van der Waals surface area contributed by atoms with Gasteiger partial charge in [0.05, 0.1) is 11.2 Å². The Morgan fingerprint density at radius 2 is 1.34 bits per heavy atom. The molecule has 6 aromatic rings. The zero-order valence-corrected chi connectivity index (χ0v) is 31.8. The first kappa shape index (κ1) is 35.5. The topological polar surface area (TPSA) is 4.93 Å². The Kier molecular flexibility index (Phi) is 9.78. The van der Waals surface area contributed by atoms with Gasteiger partial charge in [-0.3, -0.25) is 0 Å². The highest BCUT2D eigenvalue weighted by Gasteiger charge is 2.31. The van der Waals surface area contributed by atoms with Crippen molar-refractivity contribution >= 4 is 32.8 Å². The Morgan fingerprint density at radius 1 is 0.698 bits per heavy atom. The van der Waals surface area contributed by atoms with Crippen molar-refractivity contribution in [2.24, 2.45) is 5.41 Å². The minimum atomic E-state index is -0.197. The number of hydrogen-bond acceptors (Lipinski definition) is 0. The second-order valence-electron chi connectivity index (χ2n) is 15.1. The fourth-order valence-electron chi connectivity index (χ4n) is 8.16. The molecule has 0 saturated heterocycles. The molecule has 0 radical (unpaired) electrons. The molecule has 1 heterocycles. The molecular formula is C52H49N. The number of fused-ring (bicyclic) bond motifs is 4. The molecule has 0 atom stereocenters. The second-order valence-corrected chi connectivity index (χ2v) is 15.1. The normalized spacial score (nSPS) is 13.1. The van der Waals surface area contributed by atoms with Gasteiger partial charge >= 0.3 is 0 Å². The molecule has 0 amide bonds. The third-order valence-electron chi connectivity index (χ3n) is 10.3. The molecule has 1 nitrogen and oxygen atoms in total. The summed E-state index contributed by atoms with van der Waals surface area (Å²) in [5, 5.41) is 3.85. The molecule has 1 heteroatoms. The third kappa shape index (κ3) is 6.42. The summed E-state index contributed by atoms with van der Waals surface area (Å²) in [6, 6.07) is 38.0. The van der Waals surface area contributed by atoms with E-state index in [0.717, 1.165) is 40.9 Å². The summed E-state index contributed by atoms with van der Waals surface area (Å²) in [5.41, 5.74) is 16.7. The van der Waals surface area contributed by atoms with Crippen molar-refractivity contribution in [1.82, 2.24) is 4.57 Å². The third-order valence-corrected chi connectivity index (χ3v) is 10.3. The van der Waals surface area contributed by atoms with Crippen LogP contribution < -0.4 is 0 Å². The van der Waals surface area contributed by atoms with Gasteiger partial charge in [0.15, 0.2) is 0 Å². The standard InChI is InChI=1S/C52H49N/c1-9-11-13-15-22-39(36(5)21-14-12-10-2)50(52(6,7)8)49-46-25-18-19-28-47(46)53(51(49)35(3)4)38-31-29-37(30-32-38)40-33-34-45-42-24-17-16-23-41(42)44-27-20-26-43(40)48(44)45/h9-10,12-21,23-34H,1,3,5,11,22H2,2,4,6-8H3/b12-10-,15-13-,21-14-,50-39-. The molecule has 1 aliphatic rings. The van der Waals surface area contributed by atoms with Crippen LogP contribution in [0.1, 0.15) is 58.7 Å². The van der Waals surface area contributed by atoms with Crippen molar-refractivity contribution in [3.8, 4) is 39.1 Å². The summed E-state index contributed by atoms with van der Waals surface area (Å²) >= 11 is 0. The molecule has 0 N–H and O–H groups in total. The summed E-state index contributed by atoms with van der Waals surface area (Å²) in [7, 11) is 0.